The summed E-state index contributed by atoms with van der Waals surface area (Å²) in [5.41, 5.74) is 5.76. The Bertz CT molecular complexity index is 367. The molecule has 0 aliphatic rings. The van der Waals surface area contributed by atoms with Gasteiger partial charge in [-0.3, -0.25) is 4.79 Å². The highest BCUT2D eigenvalue weighted by atomic mass is 32.2. The van der Waals surface area contributed by atoms with E-state index in [0.29, 0.717) is 0 Å². The van der Waals surface area contributed by atoms with Gasteiger partial charge in [-0.05, 0) is 24.3 Å². The minimum Gasteiger partial charge on any atom is -0.497 e. The molecule has 2 N–H and O–H groups in total. The normalized spacial score (nSPS) is 13.9. The number of esters is 1. The predicted octanol–water partition coefficient (Wildman–Crippen LogP) is 1.68. The number of ether oxygens (including phenoxy) is 2. The second-order valence-electron chi connectivity index (χ2n) is 3.55. The van der Waals surface area contributed by atoms with E-state index in [4.69, 9.17) is 10.5 Å². The monoisotopic (exact) mass is 255 g/mol. The van der Waals surface area contributed by atoms with Crippen molar-refractivity contribution < 1.29 is 14.3 Å². The number of hydrogen-bond donors (Lipinski definition) is 1. The molecule has 0 fully saturated rings. The fraction of sp³-hybridized carbons (Fsp3) is 0.417. The predicted molar refractivity (Wildman–Crippen MR) is 68.3 cm³/mol. The Kier molecular flexibility index (Phi) is 5.31. The highest BCUT2D eigenvalue weighted by Crippen LogP contribution is 2.26. The van der Waals surface area contributed by atoms with Gasteiger partial charge in [0.1, 0.15) is 11.8 Å². The maximum atomic E-state index is 11.3. The quantitative estimate of drug-likeness (QED) is 0.640. The van der Waals surface area contributed by atoms with Crippen molar-refractivity contribution in [3.63, 3.8) is 0 Å². The standard InChI is InChI=1S/C12H17NO3S/c1-8(11(13)12(14)16-3)17-10-6-4-9(15-2)5-7-10/h4-8,11H,13H2,1-3H3/t8-,11+/m0/s1. The third kappa shape index (κ3) is 3.94. The molecular weight excluding hydrogens is 238 g/mol. The van der Waals surface area contributed by atoms with Crippen molar-refractivity contribution in [3.05, 3.63) is 24.3 Å². The summed E-state index contributed by atoms with van der Waals surface area (Å²) in [4.78, 5) is 12.3. The maximum absolute atomic E-state index is 11.3. The molecule has 5 heteroatoms. The van der Waals surface area contributed by atoms with E-state index < -0.39 is 12.0 Å². The molecule has 1 aromatic rings. The van der Waals surface area contributed by atoms with Gasteiger partial charge in [-0.25, -0.2) is 0 Å². The molecule has 0 amide bonds. The van der Waals surface area contributed by atoms with Gasteiger partial charge in [-0.2, -0.15) is 0 Å². The summed E-state index contributed by atoms with van der Waals surface area (Å²) in [5.74, 6) is 0.415. The lowest BCUT2D eigenvalue weighted by Gasteiger charge is -2.17. The first kappa shape index (κ1) is 13.9. The molecule has 0 spiro atoms. The van der Waals surface area contributed by atoms with Crippen LogP contribution in [0.25, 0.3) is 0 Å². The first-order valence-corrected chi connectivity index (χ1v) is 6.10. The molecule has 0 saturated heterocycles. The summed E-state index contributed by atoms with van der Waals surface area (Å²) < 4.78 is 9.68. The average Bonchev–Trinajstić information content (AvgIpc) is 2.37. The molecule has 1 rings (SSSR count). The number of methoxy groups -OCH3 is 2. The lowest BCUT2D eigenvalue weighted by atomic mass is 10.2. The number of carbonyl (C=O) groups excluding carboxylic acids is 1. The number of benzene rings is 1. The van der Waals surface area contributed by atoms with Crippen LogP contribution in [0, 0.1) is 0 Å². The molecule has 0 aliphatic carbocycles. The van der Waals surface area contributed by atoms with Gasteiger partial charge < -0.3 is 15.2 Å². The molecule has 0 unspecified atom stereocenters. The van der Waals surface area contributed by atoms with Crippen LogP contribution in [0.5, 0.6) is 5.75 Å². The first-order valence-electron chi connectivity index (χ1n) is 5.22. The van der Waals surface area contributed by atoms with E-state index in [9.17, 15) is 4.79 Å². The summed E-state index contributed by atoms with van der Waals surface area (Å²) in [6, 6.07) is 7.00. The van der Waals surface area contributed by atoms with Gasteiger partial charge in [-0.15, -0.1) is 11.8 Å². The highest BCUT2D eigenvalue weighted by Gasteiger charge is 2.22. The number of carbonyl (C=O) groups is 1. The molecule has 0 heterocycles. The number of hydrogen-bond acceptors (Lipinski definition) is 5. The van der Waals surface area contributed by atoms with Gasteiger partial charge in [0.15, 0.2) is 0 Å². The second-order valence-corrected chi connectivity index (χ2v) is 5.00. The highest BCUT2D eigenvalue weighted by molar-refractivity contribution is 8.00. The zero-order chi connectivity index (χ0) is 12.8. The lowest BCUT2D eigenvalue weighted by Crippen LogP contribution is -2.39. The minimum absolute atomic E-state index is 0.0455. The van der Waals surface area contributed by atoms with Crippen LogP contribution >= 0.6 is 11.8 Å². The van der Waals surface area contributed by atoms with E-state index in [0.717, 1.165) is 10.6 Å². The van der Waals surface area contributed by atoms with E-state index >= 15 is 0 Å². The molecule has 0 radical (unpaired) electrons. The summed E-state index contributed by atoms with van der Waals surface area (Å²) in [6.45, 7) is 1.90. The van der Waals surface area contributed by atoms with Crippen LogP contribution < -0.4 is 10.5 Å². The molecule has 2 atom stereocenters. The van der Waals surface area contributed by atoms with Gasteiger partial charge in [0.05, 0.1) is 14.2 Å². The fourth-order valence-electron chi connectivity index (χ4n) is 1.27. The van der Waals surface area contributed by atoms with Crippen molar-refractivity contribution >= 4 is 17.7 Å². The molecule has 0 saturated carbocycles. The minimum atomic E-state index is -0.618. The van der Waals surface area contributed by atoms with Gasteiger partial charge >= 0.3 is 5.97 Å². The number of rotatable bonds is 5. The zero-order valence-corrected chi connectivity index (χ0v) is 11.0. The van der Waals surface area contributed by atoms with Crippen LogP contribution in [0.4, 0.5) is 0 Å². The van der Waals surface area contributed by atoms with Crippen LogP contribution in [-0.4, -0.2) is 31.5 Å². The van der Waals surface area contributed by atoms with E-state index in [1.165, 1.54) is 18.9 Å². The Hall–Kier alpha value is -1.20. The Balaban J connectivity index is 2.60. The summed E-state index contributed by atoms with van der Waals surface area (Å²) in [7, 11) is 2.96. The molecule has 4 nitrogen and oxygen atoms in total. The number of thioether (sulfide) groups is 1. The van der Waals surface area contributed by atoms with Crippen molar-refractivity contribution in [2.45, 2.75) is 23.1 Å². The van der Waals surface area contributed by atoms with E-state index in [2.05, 4.69) is 4.74 Å². The zero-order valence-electron chi connectivity index (χ0n) is 10.2. The van der Waals surface area contributed by atoms with Gasteiger partial charge in [-0.1, -0.05) is 6.92 Å². The third-order valence-corrected chi connectivity index (χ3v) is 3.57. The molecule has 17 heavy (non-hydrogen) atoms. The van der Waals surface area contributed by atoms with Crippen LogP contribution in [0.3, 0.4) is 0 Å². The Labute approximate surface area is 105 Å². The molecule has 0 aromatic heterocycles. The lowest BCUT2D eigenvalue weighted by molar-refractivity contribution is -0.142. The van der Waals surface area contributed by atoms with Crippen molar-refractivity contribution in [3.8, 4) is 5.75 Å². The molecule has 1 aromatic carbocycles. The average molecular weight is 255 g/mol. The van der Waals surface area contributed by atoms with Crippen molar-refractivity contribution in [2.75, 3.05) is 14.2 Å². The third-order valence-electron chi connectivity index (χ3n) is 2.36. The second kappa shape index (κ2) is 6.51. The molecular formula is C12H17NO3S. The van der Waals surface area contributed by atoms with E-state index in [1.807, 2.05) is 31.2 Å². The van der Waals surface area contributed by atoms with Crippen molar-refractivity contribution in [2.24, 2.45) is 5.73 Å². The van der Waals surface area contributed by atoms with Crippen LogP contribution in [0.2, 0.25) is 0 Å². The Morgan fingerprint density at radius 1 is 1.29 bits per heavy atom. The van der Waals surface area contributed by atoms with E-state index in [-0.39, 0.29) is 5.25 Å². The summed E-state index contributed by atoms with van der Waals surface area (Å²) in [5, 5.41) is -0.0455. The molecule has 94 valence electrons. The smallest absolute Gasteiger partial charge is 0.323 e. The van der Waals surface area contributed by atoms with Gasteiger partial charge in [0.25, 0.3) is 0 Å². The Morgan fingerprint density at radius 3 is 2.35 bits per heavy atom. The van der Waals surface area contributed by atoms with E-state index in [1.54, 1.807) is 7.11 Å². The maximum Gasteiger partial charge on any atom is 0.323 e. The Morgan fingerprint density at radius 2 is 1.88 bits per heavy atom. The van der Waals surface area contributed by atoms with Crippen molar-refractivity contribution in [1.82, 2.24) is 0 Å². The largest absolute Gasteiger partial charge is 0.497 e. The first-order chi connectivity index (χ1) is 8.08. The molecule has 0 aliphatic heterocycles. The van der Waals surface area contributed by atoms with Gasteiger partial charge in [0.2, 0.25) is 0 Å². The molecule has 0 bridgehead atoms. The van der Waals surface area contributed by atoms with Crippen LogP contribution in [0.15, 0.2) is 29.2 Å². The van der Waals surface area contributed by atoms with Crippen molar-refractivity contribution in [1.29, 1.82) is 0 Å². The van der Waals surface area contributed by atoms with Crippen LogP contribution in [-0.2, 0) is 9.53 Å². The van der Waals surface area contributed by atoms with Crippen LogP contribution in [0.1, 0.15) is 6.92 Å². The van der Waals surface area contributed by atoms with Gasteiger partial charge in [0, 0.05) is 10.1 Å². The topological polar surface area (TPSA) is 61.5 Å². The summed E-state index contributed by atoms with van der Waals surface area (Å²) >= 11 is 1.53. The number of nitrogens with two attached hydrogens (primary N) is 1. The summed E-state index contributed by atoms with van der Waals surface area (Å²) in [6.07, 6.45) is 0. The SMILES string of the molecule is COC(=O)[C@H](N)[C@H](C)Sc1ccc(OC)cc1. The fourth-order valence-corrected chi connectivity index (χ4v) is 2.25.